The molecule has 0 aliphatic heterocycles. The average Bonchev–Trinajstić information content (AvgIpc) is 2.77. The van der Waals surface area contributed by atoms with E-state index >= 15 is 0 Å². The number of nitro benzene ring substituents is 1. The second kappa shape index (κ2) is 11.7. The zero-order chi connectivity index (χ0) is 26.4. The van der Waals surface area contributed by atoms with E-state index in [2.05, 4.69) is 0 Å². The predicted molar refractivity (Wildman–Crippen MR) is 118 cm³/mol. The average molecular weight is 541 g/mol. The first-order valence-corrected chi connectivity index (χ1v) is 11.7. The van der Waals surface area contributed by atoms with Crippen LogP contribution in [0.15, 0.2) is 36.4 Å². The number of carbonyl (C=O) groups is 1. The van der Waals surface area contributed by atoms with Crippen LogP contribution >= 0.6 is 11.6 Å². The van der Waals surface area contributed by atoms with E-state index in [1.165, 1.54) is 0 Å². The normalized spacial score (nSPS) is 12.0. The molecule has 10 nitrogen and oxygen atoms in total. The molecule has 0 heterocycles. The Balaban J connectivity index is 2.16. The number of nitrogens with zero attached hydrogens (tertiary/aromatic N) is 2. The van der Waals surface area contributed by atoms with E-state index in [1.807, 2.05) is 0 Å². The van der Waals surface area contributed by atoms with Gasteiger partial charge in [-0.15, -0.1) is 0 Å². The van der Waals surface area contributed by atoms with Crippen LogP contribution in [0.1, 0.15) is 29.8 Å². The number of nitro groups is 1. The summed E-state index contributed by atoms with van der Waals surface area (Å²) in [6.45, 7) is 2.48. The molecule has 15 heteroatoms. The molecular weight excluding hydrogens is 521 g/mol. The number of hydrogen-bond donors (Lipinski definition) is 0. The highest BCUT2D eigenvalue weighted by Gasteiger charge is 2.31. The van der Waals surface area contributed by atoms with Gasteiger partial charge in [0.25, 0.3) is 5.69 Å². The molecule has 2 rings (SSSR count). The summed E-state index contributed by atoms with van der Waals surface area (Å²) in [5.74, 6) is -1.52. The maximum atomic E-state index is 12.8. The van der Waals surface area contributed by atoms with Crippen LogP contribution in [0.5, 0.6) is 11.5 Å². The lowest BCUT2D eigenvalue weighted by Gasteiger charge is -2.17. The SMILES string of the molecule is CCN(CC)S(=O)(=O)OCCOC(=O)c1cc(Oc2ccc(C(F)(F)F)cc2Cl)ccc1[N+](=O)[O-]. The molecule has 2 aromatic rings. The first-order chi connectivity index (χ1) is 16.3. The molecule has 0 N–H and O–H groups in total. The zero-order valence-corrected chi connectivity index (χ0v) is 19.9. The highest BCUT2D eigenvalue weighted by molar-refractivity contribution is 7.84. The number of ether oxygens (including phenoxy) is 2. The Bertz CT molecular complexity index is 1190. The van der Waals surface area contributed by atoms with Crippen molar-refractivity contribution in [2.24, 2.45) is 0 Å². The minimum atomic E-state index is -4.62. The Labute approximate surface area is 203 Å². The molecule has 0 radical (unpaired) electrons. The third-order valence-corrected chi connectivity index (χ3v) is 6.35. The summed E-state index contributed by atoms with van der Waals surface area (Å²) in [5, 5.41) is 10.9. The lowest BCUT2D eigenvalue weighted by atomic mass is 10.1. The highest BCUT2D eigenvalue weighted by Crippen LogP contribution is 2.37. The van der Waals surface area contributed by atoms with Crippen molar-refractivity contribution in [2.75, 3.05) is 26.3 Å². The first kappa shape index (κ1) is 28.3. The third-order valence-electron chi connectivity index (χ3n) is 4.44. The molecule has 0 aliphatic carbocycles. The first-order valence-electron chi connectivity index (χ1n) is 9.94. The van der Waals surface area contributed by atoms with Crippen molar-refractivity contribution in [3.8, 4) is 11.5 Å². The van der Waals surface area contributed by atoms with E-state index in [0.717, 1.165) is 34.6 Å². The van der Waals surface area contributed by atoms with Crippen LogP contribution in [-0.2, 0) is 25.4 Å². The number of carbonyl (C=O) groups excluding carboxylic acids is 1. The standard InChI is InChI=1S/C20H20ClF3N2O8S/c1-3-25(4-2)35(30,31)33-10-9-32-19(27)15-12-14(6-7-17(15)26(28)29)34-18-8-5-13(11-16(18)21)20(22,23)24/h5-8,11-12H,3-4,9-10H2,1-2H3. The Morgan fingerprint density at radius 1 is 1.11 bits per heavy atom. The number of benzene rings is 2. The van der Waals surface area contributed by atoms with Gasteiger partial charge in [-0.05, 0) is 24.3 Å². The van der Waals surface area contributed by atoms with Gasteiger partial charge in [-0.1, -0.05) is 25.4 Å². The number of rotatable bonds is 11. The van der Waals surface area contributed by atoms with Gasteiger partial charge in [-0.2, -0.15) is 25.9 Å². The van der Waals surface area contributed by atoms with E-state index in [4.69, 9.17) is 25.3 Å². The molecule has 0 bridgehead atoms. The predicted octanol–water partition coefficient (Wildman–Crippen LogP) is 4.82. The zero-order valence-electron chi connectivity index (χ0n) is 18.4. The van der Waals surface area contributed by atoms with Crippen LogP contribution in [0.25, 0.3) is 0 Å². The maximum absolute atomic E-state index is 12.8. The Morgan fingerprint density at radius 3 is 2.31 bits per heavy atom. The summed E-state index contributed by atoms with van der Waals surface area (Å²) in [5.41, 5.74) is -2.19. The van der Waals surface area contributed by atoms with Crippen molar-refractivity contribution in [1.82, 2.24) is 4.31 Å². The Hall–Kier alpha value is -2.94. The summed E-state index contributed by atoms with van der Waals surface area (Å²) in [6, 6.07) is 5.33. The second-order valence-electron chi connectivity index (χ2n) is 6.68. The fourth-order valence-corrected chi connectivity index (χ4v) is 4.03. The molecule has 0 aliphatic rings. The van der Waals surface area contributed by atoms with Crippen LogP contribution in [0.4, 0.5) is 18.9 Å². The van der Waals surface area contributed by atoms with Gasteiger partial charge < -0.3 is 9.47 Å². The van der Waals surface area contributed by atoms with Crippen molar-refractivity contribution < 1.29 is 45.0 Å². The molecule has 2 aromatic carbocycles. The summed E-state index contributed by atoms with van der Waals surface area (Å²) < 4.78 is 78.4. The molecule has 0 fully saturated rings. The summed E-state index contributed by atoms with van der Waals surface area (Å²) in [7, 11) is -4.03. The highest BCUT2D eigenvalue weighted by atomic mass is 35.5. The Morgan fingerprint density at radius 2 is 1.77 bits per heavy atom. The molecule has 0 aromatic heterocycles. The van der Waals surface area contributed by atoms with Crippen LogP contribution in [0.2, 0.25) is 5.02 Å². The molecule has 0 atom stereocenters. The van der Waals surface area contributed by atoms with E-state index in [0.29, 0.717) is 6.07 Å². The molecule has 0 saturated heterocycles. The smallest absolute Gasteiger partial charge is 0.416 e. The van der Waals surface area contributed by atoms with E-state index in [-0.39, 0.29) is 29.6 Å². The molecule has 35 heavy (non-hydrogen) atoms. The second-order valence-corrected chi connectivity index (χ2v) is 8.70. The van der Waals surface area contributed by atoms with Gasteiger partial charge in [-0.25, -0.2) is 4.79 Å². The quantitative estimate of drug-likeness (QED) is 0.172. The van der Waals surface area contributed by atoms with E-state index in [1.54, 1.807) is 13.8 Å². The van der Waals surface area contributed by atoms with Crippen molar-refractivity contribution >= 4 is 33.6 Å². The van der Waals surface area contributed by atoms with Crippen molar-refractivity contribution in [3.05, 3.63) is 62.7 Å². The molecule has 192 valence electrons. The summed E-state index contributed by atoms with van der Waals surface area (Å²) >= 11 is 5.84. The van der Waals surface area contributed by atoms with Crippen LogP contribution in [0, 0.1) is 10.1 Å². The van der Waals surface area contributed by atoms with E-state index < -0.39 is 57.4 Å². The van der Waals surface area contributed by atoms with Gasteiger partial charge in [0.2, 0.25) is 0 Å². The summed E-state index contributed by atoms with van der Waals surface area (Å²) in [4.78, 5) is 22.9. The molecule has 0 saturated carbocycles. The van der Waals surface area contributed by atoms with Crippen molar-refractivity contribution in [3.63, 3.8) is 0 Å². The van der Waals surface area contributed by atoms with Crippen molar-refractivity contribution in [2.45, 2.75) is 20.0 Å². The summed E-state index contributed by atoms with van der Waals surface area (Å²) in [6.07, 6.45) is -4.62. The number of esters is 1. The number of hydrogen-bond acceptors (Lipinski definition) is 8. The molecular formula is C20H20ClF3N2O8S. The van der Waals surface area contributed by atoms with Crippen molar-refractivity contribution in [1.29, 1.82) is 0 Å². The topological polar surface area (TPSA) is 125 Å². The van der Waals surface area contributed by atoms with Gasteiger partial charge in [0.15, 0.2) is 0 Å². The third kappa shape index (κ3) is 7.52. The van der Waals surface area contributed by atoms with Gasteiger partial charge in [-0.3, -0.25) is 14.3 Å². The van der Waals surface area contributed by atoms with Crippen LogP contribution in [-0.4, -0.2) is 49.9 Å². The fourth-order valence-electron chi connectivity index (χ4n) is 2.75. The maximum Gasteiger partial charge on any atom is 0.416 e. The lowest BCUT2D eigenvalue weighted by molar-refractivity contribution is -0.385. The number of alkyl halides is 3. The van der Waals surface area contributed by atoms with Gasteiger partial charge >= 0.3 is 22.4 Å². The fraction of sp³-hybridized carbons (Fsp3) is 0.350. The largest absolute Gasteiger partial charge is 0.459 e. The molecule has 0 spiro atoms. The van der Waals surface area contributed by atoms with Gasteiger partial charge in [0.05, 0.1) is 15.5 Å². The monoisotopic (exact) mass is 540 g/mol. The molecule has 0 amide bonds. The van der Waals surface area contributed by atoms with Crippen LogP contribution in [0.3, 0.4) is 0 Å². The van der Waals surface area contributed by atoms with Crippen LogP contribution < -0.4 is 4.74 Å². The lowest BCUT2D eigenvalue weighted by Crippen LogP contribution is -2.33. The minimum absolute atomic E-state index is 0.149. The van der Waals surface area contributed by atoms with Gasteiger partial charge in [0, 0.05) is 25.2 Å². The van der Waals surface area contributed by atoms with E-state index in [9.17, 15) is 36.5 Å². The molecule has 0 unspecified atom stereocenters. The van der Waals surface area contributed by atoms with Gasteiger partial charge in [0.1, 0.15) is 30.3 Å². The minimum Gasteiger partial charge on any atom is -0.459 e. The number of halogens is 4. The Kier molecular flexibility index (Phi) is 9.43.